The largest absolute Gasteiger partial charge is 0.508 e. The first-order valence-electron chi connectivity index (χ1n) is 6.65. The van der Waals surface area contributed by atoms with Crippen LogP contribution in [0.2, 0.25) is 0 Å². The van der Waals surface area contributed by atoms with Gasteiger partial charge < -0.3 is 9.84 Å². The lowest BCUT2D eigenvalue weighted by molar-refractivity contribution is 0.274. The minimum absolute atomic E-state index is 0.0563. The zero-order valence-electron chi connectivity index (χ0n) is 11.0. The molecular formula is C17H15NO2. The average molecular weight is 265 g/mol. The van der Waals surface area contributed by atoms with Gasteiger partial charge in [0.25, 0.3) is 0 Å². The maximum atomic E-state index is 9.96. The fourth-order valence-electron chi connectivity index (χ4n) is 2.41. The number of aromatic hydroxyl groups is 1. The number of nitriles is 1. The predicted octanol–water partition coefficient (Wildman–Crippen LogP) is 3.37. The van der Waals surface area contributed by atoms with Crippen molar-refractivity contribution in [2.24, 2.45) is 0 Å². The van der Waals surface area contributed by atoms with Crippen molar-refractivity contribution in [3.8, 4) is 17.6 Å². The zero-order valence-corrected chi connectivity index (χ0v) is 11.0. The molecule has 0 heterocycles. The molecule has 1 aliphatic rings. The second kappa shape index (κ2) is 4.90. The van der Waals surface area contributed by atoms with Gasteiger partial charge in [0.05, 0.1) is 18.2 Å². The Bertz CT molecular complexity index is 651. The Hall–Kier alpha value is -2.47. The third kappa shape index (κ3) is 2.33. The van der Waals surface area contributed by atoms with Gasteiger partial charge in [-0.3, -0.25) is 0 Å². The molecule has 0 radical (unpaired) electrons. The minimum atomic E-state index is -0.0563. The highest BCUT2D eigenvalue weighted by atomic mass is 16.5. The lowest BCUT2D eigenvalue weighted by Gasteiger charge is -2.18. The van der Waals surface area contributed by atoms with Crippen molar-refractivity contribution in [1.82, 2.24) is 0 Å². The van der Waals surface area contributed by atoms with Gasteiger partial charge in [0.15, 0.2) is 0 Å². The Labute approximate surface area is 118 Å². The molecule has 0 saturated heterocycles. The van der Waals surface area contributed by atoms with Crippen LogP contribution in [0.4, 0.5) is 0 Å². The highest BCUT2D eigenvalue weighted by molar-refractivity contribution is 5.43. The van der Waals surface area contributed by atoms with E-state index in [2.05, 4.69) is 6.07 Å². The van der Waals surface area contributed by atoms with E-state index in [0.29, 0.717) is 17.9 Å². The van der Waals surface area contributed by atoms with Crippen LogP contribution in [0, 0.1) is 11.3 Å². The number of rotatable bonds is 4. The molecule has 1 N–H and O–H groups in total. The molecular weight excluding hydrogens is 250 g/mol. The Balaban J connectivity index is 1.72. The number of para-hydroxylation sites is 1. The number of phenolic OH excluding ortho intramolecular Hbond substituents is 1. The van der Waals surface area contributed by atoms with Crippen LogP contribution in [-0.2, 0) is 5.41 Å². The van der Waals surface area contributed by atoms with Crippen molar-refractivity contribution in [2.75, 3.05) is 6.61 Å². The summed E-state index contributed by atoms with van der Waals surface area (Å²) in [5.41, 5.74) is 1.53. The van der Waals surface area contributed by atoms with E-state index in [9.17, 15) is 5.11 Å². The molecule has 0 spiro atoms. The van der Waals surface area contributed by atoms with Crippen LogP contribution in [-0.4, -0.2) is 11.7 Å². The molecule has 3 nitrogen and oxygen atoms in total. The van der Waals surface area contributed by atoms with Crippen LogP contribution < -0.4 is 4.74 Å². The first-order valence-corrected chi connectivity index (χ1v) is 6.65. The Morgan fingerprint density at radius 2 is 1.80 bits per heavy atom. The van der Waals surface area contributed by atoms with E-state index in [1.807, 2.05) is 18.2 Å². The summed E-state index contributed by atoms with van der Waals surface area (Å²) in [7, 11) is 0. The monoisotopic (exact) mass is 265 g/mol. The molecule has 3 rings (SSSR count). The molecule has 0 bridgehead atoms. The van der Waals surface area contributed by atoms with Crippen molar-refractivity contribution in [2.45, 2.75) is 18.3 Å². The van der Waals surface area contributed by atoms with E-state index in [1.54, 1.807) is 30.3 Å². The molecule has 0 amide bonds. The summed E-state index contributed by atoms with van der Waals surface area (Å²) in [5, 5.41) is 18.7. The van der Waals surface area contributed by atoms with E-state index in [-0.39, 0.29) is 5.41 Å². The van der Waals surface area contributed by atoms with Crippen LogP contribution in [0.15, 0.2) is 48.5 Å². The van der Waals surface area contributed by atoms with Gasteiger partial charge in [-0.2, -0.15) is 5.26 Å². The van der Waals surface area contributed by atoms with Crippen molar-refractivity contribution >= 4 is 0 Å². The summed E-state index contributed by atoms with van der Waals surface area (Å²) >= 11 is 0. The molecule has 0 aromatic heterocycles. The number of hydrogen-bond donors (Lipinski definition) is 1. The Morgan fingerprint density at radius 3 is 2.40 bits per heavy atom. The van der Waals surface area contributed by atoms with Gasteiger partial charge >= 0.3 is 0 Å². The number of hydrogen-bond acceptors (Lipinski definition) is 3. The lowest BCUT2D eigenvalue weighted by Crippen LogP contribution is -2.17. The van der Waals surface area contributed by atoms with E-state index < -0.39 is 0 Å². The summed E-state index contributed by atoms with van der Waals surface area (Å²) in [6, 6.07) is 16.6. The smallest absolute Gasteiger partial charge is 0.119 e. The molecule has 0 aliphatic heterocycles. The zero-order chi connectivity index (χ0) is 14.0. The first kappa shape index (κ1) is 12.6. The van der Waals surface area contributed by atoms with Crippen LogP contribution in [0.25, 0.3) is 0 Å². The fraction of sp³-hybridized carbons (Fsp3) is 0.235. The third-order valence-electron chi connectivity index (χ3n) is 3.83. The van der Waals surface area contributed by atoms with E-state index >= 15 is 0 Å². The molecule has 20 heavy (non-hydrogen) atoms. The maximum absolute atomic E-state index is 9.96. The van der Waals surface area contributed by atoms with Gasteiger partial charge in [-0.1, -0.05) is 18.2 Å². The van der Waals surface area contributed by atoms with E-state index in [4.69, 9.17) is 10.00 Å². The molecule has 1 fully saturated rings. The Morgan fingerprint density at radius 1 is 1.10 bits per heavy atom. The lowest BCUT2D eigenvalue weighted by atomic mass is 9.96. The molecule has 0 atom stereocenters. The van der Waals surface area contributed by atoms with Crippen molar-refractivity contribution in [3.05, 3.63) is 59.7 Å². The molecule has 2 aromatic rings. The van der Waals surface area contributed by atoms with Gasteiger partial charge in [-0.15, -0.1) is 0 Å². The summed E-state index contributed by atoms with van der Waals surface area (Å²) in [4.78, 5) is 0. The number of phenols is 1. The van der Waals surface area contributed by atoms with Gasteiger partial charge in [0.2, 0.25) is 0 Å². The predicted molar refractivity (Wildman–Crippen MR) is 75.7 cm³/mol. The first-order chi connectivity index (χ1) is 9.73. The molecule has 1 saturated carbocycles. The minimum Gasteiger partial charge on any atom is -0.508 e. The summed E-state index contributed by atoms with van der Waals surface area (Å²) < 4.78 is 5.82. The maximum Gasteiger partial charge on any atom is 0.119 e. The van der Waals surface area contributed by atoms with E-state index in [1.165, 1.54) is 0 Å². The standard InChI is InChI=1S/C17H15NO2/c18-11-13-5-7-14(8-6-13)20-12-17(9-10-17)15-3-1-2-4-16(15)19/h1-8,19H,9-10,12H2. The van der Waals surface area contributed by atoms with Crippen molar-refractivity contribution in [3.63, 3.8) is 0 Å². The van der Waals surface area contributed by atoms with Crippen LogP contribution >= 0.6 is 0 Å². The molecule has 2 aromatic carbocycles. The summed E-state index contributed by atoms with van der Waals surface area (Å²) in [6.07, 6.45) is 2.06. The summed E-state index contributed by atoms with van der Waals surface area (Å²) in [6.45, 7) is 0.552. The van der Waals surface area contributed by atoms with Gasteiger partial charge in [-0.05, 0) is 43.2 Å². The van der Waals surface area contributed by atoms with Gasteiger partial charge in [0.1, 0.15) is 11.5 Å². The third-order valence-corrected chi connectivity index (χ3v) is 3.83. The topological polar surface area (TPSA) is 53.2 Å². The quantitative estimate of drug-likeness (QED) is 0.922. The molecule has 100 valence electrons. The number of ether oxygens (including phenoxy) is 1. The second-order valence-corrected chi connectivity index (χ2v) is 5.22. The number of benzene rings is 2. The molecule has 3 heteroatoms. The van der Waals surface area contributed by atoms with Crippen LogP contribution in [0.1, 0.15) is 24.0 Å². The number of nitrogens with zero attached hydrogens (tertiary/aromatic N) is 1. The second-order valence-electron chi connectivity index (χ2n) is 5.22. The van der Waals surface area contributed by atoms with Gasteiger partial charge in [-0.25, -0.2) is 0 Å². The molecule has 0 unspecified atom stereocenters. The molecule has 1 aliphatic carbocycles. The highest BCUT2D eigenvalue weighted by Crippen LogP contribution is 2.51. The Kier molecular flexibility index (Phi) is 3.08. The van der Waals surface area contributed by atoms with Crippen molar-refractivity contribution < 1.29 is 9.84 Å². The van der Waals surface area contributed by atoms with Crippen molar-refractivity contribution in [1.29, 1.82) is 5.26 Å². The van der Waals surface area contributed by atoms with Crippen LogP contribution in [0.5, 0.6) is 11.5 Å². The van der Waals surface area contributed by atoms with E-state index in [0.717, 1.165) is 24.2 Å². The van der Waals surface area contributed by atoms with Crippen LogP contribution in [0.3, 0.4) is 0 Å². The fourth-order valence-corrected chi connectivity index (χ4v) is 2.41. The highest BCUT2D eigenvalue weighted by Gasteiger charge is 2.46. The normalized spacial score (nSPS) is 15.3. The van der Waals surface area contributed by atoms with Gasteiger partial charge in [0, 0.05) is 11.0 Å². The SMILES string of the molecule is N#Cc1ccc(OCC2(c3ccccc3O)CC2)cc1. The summed E-state index contributed by atoms with van der Waals surface area (Å²) in [5.74, 6) is 1.10. The average Bonchev–Trinajstić information content (AvgIpc) is 3.27.